The van der Waals surface area contributed by atoms with Crippen molar-refractivity contribution >= 4 is 17.7 Å². The molecule has 1 aromatic carbocycles. The van der Waals surface area contributed by atoms with Gasteiger partial charge >= 0.3 is 0 Å². The van der Waals surface area contributed by atoms with Gasteiger partial charge in [-0.3, -0.25) is 4.79 Å². The predicted octanol–water partition coefficient (Wildman–Crippen LogP) is 2.46. The van der Waals surface area contributed by atoms with Crippen LogP contribution in [0, 0.1) is 5.82 Å². The van der Waals surface area contributed by atoms with Crippen LogP contribution >= 0.6 is 11.8 Å². The van der Waals surface area contributed by atoms with Crippen molar-refractivity contribution in [2.24, 2.45) is 5.73 Å². The molecule has 5 heteroatoms. The summed E-state index contributed by atoms with van der Waals surface area (Å²) in [5.41, 5.74) is 6.22. The number of rotatable bonds is 5. The molecule has 0 aromatic heterocycles. The van der Waals surface area contributed by atoms with Gasteiger partial charge in [0.2, 0.25) is 5.91 Å². The first-order valence-electron chi connectivity index (χ1n) is 5.88. The molecule has 18 heavy (non-hydrogen) atoms. The number of carbonyl (C=O) groups excluding carboxylic acids is 1. The fraction of sp³-hybridized carbons (Fsp3) is 0.462. The van der Waals surface area contributed by atoms with Crippen LogP contribution in [0.4, 0.5) is 4.39 Å². The maximum atomic E-state index is 13.6. The minimum absolute atomic E-state index is 0.0603. The molecule has 0 aliphatic carbocycles. The van der Waals surface area contributed by atoms with Gasteiger partial charge in [-0.25, -0.2) is 4.39 Å². The summed E-state index contributed by atoms with van der Waals surface area (Å²) < 4.78 is 13.6. The van der Waals surface area contributed by atoms with Crippen LogP contribution in [0.5, 0.6) is 0 Å². The van der Waals surface area contributed by atoms with Gasteiger partial charge in [0.25, 0.3) is 0 Å². The summed E-state index contributed by atoms with van der Waals surface area (Å²) in [4.78, 5) is 12.3. The Morgan fingerprint density at radius 2 is 2.11 bits per heavy atom. The highest BCUT2D eigenvalue weighted by Crippen LogP contribution is 2.28. The molecule has 0 saturated heterocycles. The third kappa shape index (κ3) is 4.31. The molecule has 0 aliphatic heterocycles. The molecule has 0 fully saturated rings. The highest BCUT2D eigenvalue weighted by Gasteiger charge is 2.14. The van der Waals surface area contributed by atoms with Gasteiger partial charge in [-0.05, 0) is 32.9 Å². The van der Waals surface area contributed by atoms with Crippen molar-refractivity contribution < 1.29 is 9.18 Å². The van der Waals surface area contributed by atoms with Crippen molar-refractivity contribution in [1.29, 1.82) is 0 Å². The zero-order valence-electron chi connectivity index (χ0n) is 10.9. The Hall–Kier alpha value is -1.07. The number of hydrogen-bond donors (Lipinski definition) is 2. The summed E-state index contributed by atoms with van der Waals surface area (Å²) in [6, 6.07) is 4.52. The Bertz CT molecular complexity index is 421. The first kappa shape index (κ1) is 15.0. The number of nitrogens with two attached hydrogens (primary N) is 1. The van der Waals surface area contributed by atoms with E-state index in [1.807, 2.05) is 13.8 Å². The molecular formula is C13H19FN2OS. The maximum Gasteiger partial charge on any atom is 0.230 e. The molecule has 1 aromatic rings. The number of amides is 1. The van der Waals surface area contributed by atoms with Gasteiger partial charge < -0.3 is 11.1 Å². The van der Waals surface area contributed by atoms with E-state index in [1.54, 1.807) is 19.1 Å². The molecule has 0 unspecified atom stereocenters. The standard InChI is InChI=1S/C13H19FN2OS/c1-8(2)16-12(17)7-18-11-6-4-5-10(14)13(11)9(3)15/h4-6,8-9H,7,15H2,1-3H3,(H,16,17)/t9-/m1/s1. The molecule has 0 heterocycles. The van der Waals surface area contributed by atoms with Crippen molar-refractivity contribution in [3.63, 3.8) is 0 Å². The zero-order valence-corrected chi connectivity index (χ0v) is 11.7. The van der Waals surface area contributed by atoms with E-state index in [1.165, 1.54) is 17.8 Å². The predicted molar refractivity (Wildman–Crippen MR) is 73.0 cm³/mol. The number of nitrogens with one attached hydrogen (secondary N) is 1. The number of halogens is 1. The van der Waals surface area contributed by atoms with Crippen molar-refractivity contribution in [3.8, 4) is 0 Å². The Kier molecular flexibility index (Phi) is 5.62. The Morgan fingerprint density at radius 1 is 1.44 bits per heavy atom. The zero-order chi connectivity index (χ0) is 13.7. The normalized spacial score (nSPS) is 12.6. The fourth-order valence-corrected chi connectivity index (χ4v) is 2.58. The van der Waals surface area contributed by atoms with Crippen LogP contribution in [0.1, 0.15) is 32.4 Å². The average molecular weight is 270 g/mol. The molecule has 3 nitrogen and oxygen atoms in total. The van der Waals surface area contributed by atoms with Crippen molar-refractivity contribution in [3.05, 3.63) is 29.6 Å². The average Bonchev–Trinajstić information content (AvgIpc) is 2.24. The van der Waals surface area contributed by atoms with Crippen molar-refractivity contribution in [1.82, 2.24) is 5.32 Å². The molecule has 100 valence electrons. The van der Waals surface area contributed by atoms with E-state index < -0.39 is 0 Å². The second-order valence-electron chi connectivity index (χ2n) is 4.45. The Morgan fingerprint density at radius 3 is 2.67 bits per heavy atom. The molecule has 0 aliphatic rings. The molecule has 0 bridgehead atoms. The quantitative estimate of drug-likeness (QED) is 0.808. The third-order valence-electron chi connectivity index (χ3n) is 2.28. The van der Waals surface area contributed by atoms with Gasteiger partial charge in [0, 0.05) is 22.5 Å². The summed E-state index contributed by atoms with van der Waals surface area (Å²) >= 11 is 1.31. The van der Waals surface area contributed by atoms with Crippen molar-refractivity contribution in [2.45, 2.75) is 37.8 Å². The lowest BCUT2D eigenvalue weighted by atomic mass is 10.1. The highest BCUT2D eigenvalue weighted by atomic mass is 32.2. The van der Waals surface area contributed by atoms with Crippen LogP contribution in [0.2, 0.25) is 0 Å². The summed E-state index contributed by atoms with van der Waals surface area (Å²) in [5.74, 6) is -0.115. The molecule has 1 amide bonds. The monoisotopic (exact) mass is 270 g/mol. The SMILES string of the molecule is CC(C)NC(=O)CSc1cccc(F)c1[C@@H](C)N. The van der Waals surface area contributed by atoms with Gasteiger partial charge in [-0.1, -0.05) is 6.07 Å². The van der Waals surface area contributed by atoms with Gasteiger partial charge in [0.15, 0.2) is 0 Å². The van der Waals surface area contributed by atoms with Crippen LogP contribution in [0.15, 0.2) is 23.1 Å². The largest absolute Gasteiger partial charge is 0.353 e. The molecule has 0 radical (unpaired) electrons. The molecule has 1 atom stereocenters. The van der Waals surface area contributed by atoms with Crippen LogP contribution in [0.25, 0.3) is 0 Å². The second-order valence-corrected chi connectivity index (χ2v) is 5.47. The lowest BCUT2D eigenvalue weighted by Crippen LogP contribution is -2.31. The maximum absolute atomic E-state index is 13.6. The van der Waals surface area contributed by atoms with E-state index in [9.17, 15) is 9.18 Å². The fourth-order valence-electron chi connectivity index (χ4n) is 1.59. The van der Waals surface area contributed by atoms with E-state index in [0.717, 1.165) is 4.90 Å². The molecule has 1 rings (SSSR count). The third-order valence-corrected chi connectivity index (χ3v) is 3.35. The lowest BCUT2D eigenvalue weighted by Gasteiger charge is -2.13. The number of hydrogen-bond acceptors (Lipinski definition) is 3. The van der Waals surface area contributed by atoms with Gasteiger partial charge in [-0.2, -0.15) is 0 Å². The van der Waals surface area contributed by atoms with E-state index in [0.29, 0.717) is 5.56 Å². The Labute approximate surface area is 111 Å². The van der Waals surface area contributed by atoms with E-state index in [-0.39, 0.29) is 29.6 Å². The van der Waals surface area contributed by atoms with E-state index in [4.69, 9.17) is 5.73 Å². The number of benzene rings is 1. The first-order valence-corrected chi connectivity index (χ1v) is 6.86. The van der Waals surface area contributed by atoms with Crippen LogP contribution in [-0.2, 0) is 4.79 Å². The number of thioether (sulfide) groups is 1. The van der Waals surface area contributed by atoms with E-state index >= 15 is 0 Å². The smallest absolute Gasteiger partial charge is 0.230 e. The highest BCUT2D eigenvalue weighted by molar-refractivity contribution is 8.00. The number of carbonyl (C=O) groups is 1. The summed E-state index contributed by atoms with van der Waals surface area (Å²) in [6.45, 7) is 5.53. The summed E-state index contributed by atoms with van der Waals surface area (Å²) in [6.07, 6.45) is 0. The minimum Gasteiger partial charge on any atom is -0.353 e. The minimum atomic E-state index is -0.387. The second kappa shape index (κ2) is 6.75. The van der Waals surface area contributed by atoms with Crippen LogP contribution < -0.4 is 11.1 Å². The molecule has 0 saturated carbocycles. The summed E-state index contributed by atoms with van der Waals surface area (Å²) in [7, 11) is 0. The van der Waals surface area contributed by atoms with E-state index in [2.05, 4.69) is 5.32 Å². The molecule has 0 spiro atoms. The first-order chi connectivity index (χ1) is 8.41. The van der Waals surface area contributed by atoms with Gasteiger partial charge in [-0.15, -0.1) is 11.8 Å². The van der Waals surface area contributed by atoms with Gasteiger partial charge in [0.1, 0.15) is 5.82 Å². The lowest BCUT2D eigenvalue weighted by molar-refractivity contribution is -0.119. The Balaban J connectivity index is 2.73. The van der Waals surface area contributed by atoms with Crippen LogP contribution in [-0.4, -0.2) is 17.7 Å². The van der Waals surface area contributed by atoms with Crippen molar-refractivity contribution in [2.75, 3.05) is 5.75 Å². The van der Waals surface area contributed by atoms with Crippen LogP contribution in [0.3, 0.4) is 0 Å². The molecular weight excluding hydrogens is 251 g/mol. The molecule has 3 N–H and O–H groups in total. The topological polar surface area (TPSA) is 55.1 Å². The summed E-state index contributed by atoms with van der Waals surface area (Å²) in [5, 5.41) is 2.79. The van der Waals surface area contributed by atoms with Gasteiger partial charge in [0.05, 0.1) is 5.75 Å².